The SMILES string of the molecule is CCCOc1ccc(CNC(=O)C2CC(=O)N(c3ccccc3)C2)cc1. The van der Waals surface area contributed by atoms with Gasteiger partial charge in [0.15, 0.2) is 0 Å². The number of para-hydroxylation sites is 1. The Morgan fingerprint density at radius 3 is 2.58 bits per heavy atom. The van der Waals surface area contributed by atoms with Crippen LogP contribution in [-0.2, 0) is 16.1 Å². The van der Waals surface area contributed by atoms with Crippen molar-refractivity contribution in [2.24, 2.45) is 5.92 Å². The van der Waals surface area contributed by atoms with E-state index in [-0.39, 0.29) is 24.2 Å². The third-order valence-electron chi connectivity index (χ3n) is 4.43. The summed E-state index contributed by atoms with van der Waals surface area (Å²) in [4.78, 5) is 26.3. The van der Waals surface area contributed by atoms with Gasteiger partial charge in [0.25, 0.3) is 0 Å². The van der Waals surface area contributed by atoms with Gasteiger partial charge in [0, 0.05) is 25.2 Å². The molecule has 1 heterocycles. The maximum absolute atomic E-state index is 12.4. The molecule has 1 saturated heterocycles. The zero-order chi connectivity index (χ0) is 18.4. The second-order valence-electron chi connectivity index (χ2n) is 6.45. The maximum atomic E-state index is 12.4. The lowest BCUT2D eigenvalue weighted by atomic mass is 10.1. The molecular weight excluding hydrogens is 328 g/mol. The number of nitrogens with zero attached hydrogens (tertiary/aromatic N) is 1. The molecule has 0 bridgehead atoms. The predicted octanol–water partition coefficient (Wildman–Crippen LogP) is 3.14. The Bertz CT molecular complexity index is 744. The lowest BCUT2D eigenvalue weighted by Gasteiger charge is -2.16. The van der Waals surface area contributed by atoms with E-state index in [9.17, 15) is 9.59 Å². The summed E-state index contributed by atoms with van der Waals surface area (Å²) in [5.41, 5.74) is 1.85. The van der Waals surface area contributed by atoms with Crippen molar-refractivity contribution in [2.75, 3.05) is 18.1 Å². The van der Waals surface area contributed by atoms with Gasteiger partial charge in [-0.15, -0.1) is 0 Å². The van der Waals surface area contributed by atoms with Gasteiger partial charge >= 0.3 is 0 Å². The van der Waals surface area contributed by atoms with Gasteiger partial charge in [-0.3, -0.25) is 9.59 Å². The van der Waals surface area contributed by atoms with E-state index in [1.165, 1.54) is 0 Å². The summed E-state index contributed by atoms with van der Waals surface area (Å²) < 4.78 is 5.55. The van der Waals surface area contributed by atoms with E-state index in [0.29, 0.717) is 19.7 Å². The van der Waals surface area contributed by atoms with E-state index in [1.807, 2.05) is 54.6 Å². The first-order valence-corrected chi connectivity index (χ1v) is 9.02. The van der Waals surface area contributed by atoms with E-state index >= 15 is 0 Å². The first kappa shape index (κ1) is 18.0. The number of hydrogen-bond donors (Lipinski definition) is 1. The van der Waals surface area contributed by atoms with Crippen LogP contribution in [0, 0.1) is 5.92 Å². The average molecular weight is 352 g/mol. The van der Waals surface area contributed by atoms with Gasteiger partial charge in [-0.2, -0.15) is 0 Å². The molecule has 1 N–H and O–H groups in total. The summed E-state index contributed by atoms with van der Waals surface area (Å²) in [6, 6.07) is 17.2. The monoisotopic (exact) mass is 352 g/mol. The number of carbonyl (C=O) groups is 2. The van der Waals surface area contributed by atoms with Crippen molar-refractivity contribution < 1.29 is 14.3 Å². The van der Waals surface area contributed by atoms with Gasteiger partial charge in [0.1, 0.15) is 5.75 Å². The third kappa shape index (κ3) is 4.42. The quantitative estimate of drug-likeness (QED) is 0.833. The average Bonchev–Trinajstić information content (AvgIpc) is 3.08. The molecule has 2 amide bonds. The largest absolute Gasteiger partial charge is 0.494 e. The topological polar surface area (TPSA) is 58.6 Å². The summed E-state index contributed by atoms with van der Waals surface area (Å²) in [5.74, 6) is 0.438. The summed E-state index contributed by atoms with van der Waals surface area (Å²) in [6.45, 7) is 3.64. The molecule has 1 atom stereocenters. The fourth-order valence-corrected chi connectivity index (χ4v) is 3.00. The number of benzene rings is 2. The summed E-state index contributed by atoms with van der Waals surface area (Å²) >= 11 is 0. The van der Waals surface area contributed by atoms with Crippen molar-refractivity contribution in [3.05, 3.63) is 60.2 Å². The van der Waals surface area contributed by atoms with Crippen molar-refractivity contribution in [3.63, 3.8) is 0 Å². The molecule has 0 radical (unpaired) electrons. The van der Waals surface area contributed by atoms with Crippen LogP contribution in [0.4, 0.5) is 5.69 Å². The molecule has 1 aliphatic rings. The molecule has 0 aliphatic carbocycles. The van der Waals surface area contributed by atoms with Crippen molar-refractivity contribution in [1.82, 2.24) is 5.32 Å². The molecule has 136 valence electrons. The number of carbonyl (C=O) groups excluding carboxylic acids is 2. The standard InChI is InChI=1S/C21H24N2O3/c1-2-12-26-19-10-8-16(9-11-19)14-22-21(25)17-13-20(24)23(15-17)18-6-4-3-5-7-18/h3-11,17H,2,12-15H2,1H3,(H,22,25). The highest BCUT2D eigenvalue weighted by Gasteiger charge is 2.34. The summed E-state index contributed by atoms with van der Waals surface area (Å²) in [6.07, 6.45) is 1.22. The summed E-state index contributed by atoms with van der Waals surface area (Å²) in [5, 5.41) is 2.94. The third-order valence-corrected chi connectivity index (χ3v) is 4.43. The fraction of sp³-hybridized carbons (Fsp3) is 0.333. The van der Waals surface area contributed by atoms with Crippen LogP contribution in [0.1, 0.15) is 25.3 Å². The van der Waals surface area contributed by atoms with Crippen molar-refractivity contribution >= 4 is 17.5 Å². The Morgan fingerprint density at radius 2 is 1.88 bits per heavy atom. The van der Waals surface area contributed by atoms with Gasteiger partial charge < -0.3 is 15.0 Å². The predicted molar refractivity (Wildman–Crippen MR) is 101 cm³/mol. The molecule has 1 aliphatic heterocycles. The van der Waals surface area contributed by atoms with Crippen LogP contribution in [0.3, 0.4) is 0 Å². The number of rotatable bonds is 7. The number of anilines is 1. The van der Waals surface area contributed by atoms with Gasteiger partial charge in [-0.25, -0.2) is 0 Å². The minimum Gasteiger partial charge on any atom is -0.494 e. The van der Waals surface area contributed by atoms with Crippen LogP contribution in [-0.4, -0.2) is 25.0 Å². The molecule has 5 heteroatoms. The fourth-order valence-electron chi connectivity index (χ4n) is 3.00. The van der Waals surface area contributed by atoms with Crippen LogP contribution in [0.25, 0.3) is 0 Å². The van der Waals surface area contributed by atoms with E-state index in [0.717, 1.165) is 23.4 Å². The van der Waals surface area contributed by atoms with Crippen molar-refractivity contribution in [2.45, 2.75) is 26.3 Å². The minimum atomic E-state index is -0.310. The Hall–Kier alpha value is -2.82. The van der Waals surface area contributed by atoms with Crippen LogP contribution >= 0.6 is 0 Å². The smallest absolute Gasteiger partial charge is 0.227 e. The zero-order valence-electron chi connectivity index (χ0n) is 15.0. The number of ether oxygens (including phenoxy) is 1. The first-order chi connectivity index (χ1) is 12.7. The van der Waals surface area contributed by atoms with Gasteiger partial charge in [0.05, 0.1) is 12.5 Å². The highest BCUT2D eigenvalue weighted by Crippen LogP contribution is 2.25. The minimum absolute atomic E-state index is 0.00576. The van der Waals surface area contributed by atoms with E-state index < -0.39 is 0 Å². The van der Waals surface area contributed by atoms with E-state index in [4.69, 9.17) is 4.74 Å². The Morgan fingerprint density at radius 1 is 1.15 bits per heavy atom. The molecule has 5 nitrogen and oxygen atoms in total. The highest BCUT2D eigenvalue weighted by molar-refractivity contribution is 6.00. The molecule has 26 heavy (non-hydrogen) atoms. The molecule has 0 aromatic heterocycles. The molecule has 1 fully saturated rings. The molecule has 0 spiro atoms. The van der Waals surface area contributed by atoms with Crippen LogP contribution < -0.4 is 15.0 Å². The Labute approximate surface area is 154 Å². The van der Waals surface area contributed by atoms with Gasteiger partial charge in [-0.1, -0.05) is 37.3 Å². The number of nitrogens with one attached hydrogen (secondary N) is 1. The highest BCUT2D eigenvalue weighted by atomic mass is 16.5. The van der Waals surface area contributed by atoms with Crippen LogP contribution in [0.2, 0.25) is 0 Å². The Kier molecular flexibility index (Phi) is 5.89. The van der Waals surface area contributed by atoms with Crippen LogP contribution in [0.15, 0.2) is 54.6 Å². The lowest BCUT2D eigenvalue weighted by Crippen LogP contribution is -2.32. The number of hydrogen-bond acceptors (Lipinski definition) is 3. The second-order valence-corrected chi connectivity index (χ2v) is 6.45. The maximum Gasteiger partial charge on any atom is 0.227 e. The van der Waals surface area contributed by atoms with E-state index in [1.54, 1.807) is 4.90 Å². The second kappa shape index (κ2) is 8.52. The molecule has 3 rings (SSSR count). The normalized spacial score (nSPS) is 16.6. The molecular formula is C21H24N2O3. The van der Waals surface area contributed by atoms with Gasteiger partial charge in [-0.05, 0) is 36.2 Å². The molecule has 2 aromatic rings. The van der Waals surface area contributed by atoms with Crippen molar-refractivity contribution in [1.29, 1.82) is 0 Å². The Balaban J connectivity index is 1.52. The zero-order valence-corrected chi connectivity index (χ0v) is 15.0. The molecule has 2 aromatic carbocycles. The van der Waals surface area contributed by atoms with E-state index in [2.05, 4.69) is 12.2 Å². The molecule has 0 saturated carbocycles. The lowest BCUT2D eigenvalue weighted by molar-refractivity contribution is -0.126. The van der Waals surface area contributed by atoms with Crippen LogP contribution in [0.5, 0.6) is 5.75 Å². The first-order valence-electron chi connectivity index (χ1n) is 9.02. The number of amides is 2. The van der Waals surface area contributed by atoms with Crippen molar-refractivity contribution in [3.8, 4) is 5.75 Å². The van der Waals surface area contributed by atoms with Gasteiger partial charge in [0.2, 0.25) is 11.8 Å². The summed E-state index contributed by atoms with van der Waals surface area (Å²) in [7, 11) is 0. The molecule has 1 unspecified atom stereocenters.